The normalized spacial score (nSPS) is 14.4. The maximum absolute atomic E-state index is 12.4. The summed E-state index contributed by atoms with van der Waals surface area (Å²) in [7, 11) is 0. The van der Waals surface area contributed by atoms with Gasteiger partial charge in [0.05, 0.1) is 16.7 Å². The first-order valence-electron chi connectivity index (χ1n) is 11.8. The quantitative estimate of drug-likeness (QED) is 0.438. The number of hydrogen-bond donors (Lipinski definition) is 2. The summed E-state index contributed by atoms with van der Waals surface area (Å²) >= 11 is 1.88. The van der Waals surface area contributed by atoms with E-state index in [1.807, 2.05) is 61.2 Å². The van der Waals surface area contributed by atoms with Crippen LogP contribution in [-0.2, 0) is 17.1 Å². The number of H-pyrrole nitrogens is 1. The highest BCUT2D eigenvalue weighted by molar-refractivity contribution is 7.99. The van der Waals surface area contributed by atoms with E-state index >= 15 is 0 Å². The summed E-state index contributed by atoms with van der Waals surface area (Å²) in [5.41, 5.74) is 2.89. The average molecular weight is 549 g/mol. The number of likely N-dealkylation sites (tertiary alicyclic amines) is 1. The van der Waals surface area contributed by atoms with E-state index in [1.54, 1.807) is 0 Å². The minimum Gasteiger partial charge on any atom is -0.478 e. The van der Waals surface area contributed by atoms with Crippen molar-refractivity contribution in [1.82, 2.24) is 14.9 Å². The molecule has 0 spiro atoms. The second kappa shape index (κ2) is 13.3. The first-order chi connectivity index (χ1) is 18.1. The third-order valence-corrected chi connectivity index (χ3v) is 7.26. The zero-order chi connectivity index (χ0) is 27.7. The molecule has 1 fully saturated rings. The molecule has 1 aliphatic rings. The van der Waals surface area contributed by atoms with Crippen LogP contribution in [0.3, 0.4) is 0 Å². The molecule has 0 radical (unpaired) electrons. The van der Waals surface area contributed by atoms with Crippen molar-refractivity contribution in [2.24, 2.45) is 0 Å². The number of aromatic amines is 1. The Hall–Kier alpha value is -3.56. The van der Waals surface area contributed by atoms with Gasteiger partial charge >= 0.3 is 12.1 Å². The molecular formula is C26H27F3N4O4S. The number of carboxylic acid groups (broad SMARTS) is 1. The smallest absolute Gasteiger partial charge is 0.478 e. The van der Waals surface area contributed by atoms with Gasteiger partial charge in [-0.25, -0.2) is 9.78 Å². The number of benzene rings is 2. The van der Waals surface area contributed by atoms with Crippen molar-refractivity contribution < 1.29 is 27.8 Å². The van der Waals surface area contributed by atoms with Crippen LogP contribution in [0.5, 0.6) is 5.75 Å². The number of nitriles is 1. The van der Waals surface area contributed by atoms with Crippen LogP contribution in [0.15, 0.2) is 47.3 Å². The molecule has 2 N–H and O–H groups in total. The van der Waals surface area contributed by atoms with E-state index in [9.17, 15) is 18.0 Å². The summed E-state index contributed by atoms with van der Waals surface area (Å²) < 4.78 is 37.3. The number of halogens is 3. The van der Waals surface area contributed by atoms with Gasteiger partial charge in [0.15, 0.2) is 6.61 Å². The highest BCUT2D eigenvalue weighted by Crippen LogP contribution is 2.28. The second-order valence-corrected chi connectivity index (χ2v) is 9.92. The molecule has 0 atom stereocenters. The van der Waals surface area contributed by atoms with E-state index < -0.39 is 12.1 Å². The molecule has 1 aromatic heterocycles. The van der Waals surface area contributed by atoms with Gasteiger partial charge in [0, 0.05) is 17.4 Å². The van der Waals surface area contributed by atoms with Gasteiger partial charge in [0.1, 0.15) is 17.6 Å². The number of alkyl halides is 3. The van der Waals surface area contributed by atoms with E-state index in [1.165, 1.54) is 0 Å². The predicted molar refractivity (Wildman–Crippen MR) is 138 cm³/mol. The van der Waals surface area contributed by atoms with Crippen molar-refractivity contribution in [3.63, 3.8) is 0 Å². The molecule has 3 aromatic rings. The number of ether oxygens (including phenoxy) is 1. The lowest BCUT2D eigenvalue weighted by molar-refractivity contribution is -0.192. The number of carbonyl (C=O) groups is 1. The van der Waals surface area contributed by atoms with Gasteiger partial charge < -0.3 is 14.8 Å². The first kappa shape index (κ1) is 29.0. The summed E-state index contributed by atoms with van der Waals surface area (Å²) in [5.74, 6) is -0.493. The number of rotatable bonds is 7. The van der Waals surface area contributed by atoms with E-state index in [-0.39, 0.29) is 12.2 Å². The van der Waals surface area contributed by atoms with Crippen LogP contribution in [0.25, 0.3) is 10.9 Å². The van der Waals surface area contributed by atoms with E-state index in [0.717, 1.165) is 66.4 Å². The summed E-state index contributed by atoms with van der Waals surface area (Å²) in [4.78, 5) is 31.4. The zero-order valence-corrected chi connectivity index (χ0v) is 21.4. The Morgan fingerprint density at radius 1 is 1.24 bits per heavy atom. The Bertz CT molecular complexity index is 1350. The Kier molecular flexibility index (Phi) is 10.2. The van der Waals surface area contributed by atoms with Crippen LogP contribution in [0, 0.1) is 18.3 Å². The minimum atomic E-state index is -5.08. The number of carboxylic acids is 1. The van der Waals surface area contributed by atoms with Crippen molar-refractivity contribution in [3.05, 3.63) is 69.8 Å². The topological polar surface area (TPSA) is 119 Å². The standard InChI is InChI=1S/C24H26N4O2S.C2HF3O2/c1-17-5-4-7-20-23(17)26-22(27-24(20)29)16-31-19-9-12-28(13-10-19)15-18-6-2-3-8-21(18)30-14-11-25;3-2(4,5)1(6)7/h2-8,19H,9-10,12-16H2,1H3,(H,26,27,29);(H,6,7). The lowest BCUT2D eigenvalue weighted by Crippen LogP contribution is -2.34. The number of nitrogens with zero attached hydrogens (tertiary/aromatic N) is 3. The summed E-state index contributed by atoms with van der Waals surface area (Å²) in [6.45, 7) is 4.93. The second-order valence-electron chi connectivity index (χ2n) is 8.63. The fourth-order valence-electron chi connectivity index (χ4n) is 3.98. The van der Waals surface area contributed by atoms with Gasteiger partial charge in [0.2, 0.25) is 0 Å². The summed E-state index contributed by atoms with van der Waals surface area (Å²) in [6, 6.07) is 15.7. The number of thioether (sulfide) groups is 1. The Morgan fingerprint density at radius 2 is 1.92 bits per heavy atom. The molecule has 0 aliphatic carbocycles. The zero-order valence-electron chi connectivity index (χ0n) is 20.6. The molecule has 0 amide bonds. The molecule has 1 saturated heterocycles. The van der Waals surface area contributed by atoms with Crippen molar-refractivity contribution in [3.8, 4) is 11.8 Å². The Balaban J connectivity index is 0.000000505. The molecule has 2 aromatic carbocycles. The van der Waals surface area contributed by atoms with Gasteiger partial charge in [-0.05, 0) is 50.6 Å². The van der Waals surface area contributed by atoms with E-state index in [4.69, 9.17) is 24.9 Å². The number of para-hydroxylation sites is 2. The van der Waals surface area contributed by atoms with Crippen molar-refractivity contribution >= 4 is 28.6 Å². The molecule has 202 valence electrons. The highest BCUT2D eigenvalue weighted by Gasteiger charge is 2.38. The third-order valence-electron chi connectivity index (χ3n) is 5.88. The lowest BCUT2D eigenvalue weighted by Gasteiger charge is -2.32. The number of aryl methyl sites for hydroxylation is 1. The maximum atomic E-state index is 12.4. The number of aromatic nitrogens is 2. The van der Waals surface area contributed by atoms with Gasteiger partial charge in [0.25, 0.3) is 5.56 Å². The third kappa shape index (κ3) is 8.22. The molecule has 8 nitrogen and oxygen atoms in total. The Labute approximate surface area is 221 Å². The van der Waals surface area contributed by atoms with Gasteiger partial charge in [-0.1, -0.05) is 30.3 Å². The van der Waals surface area contributed by atoms with Gasteiger partial charge in [-0.3, -0.25) is 9.69 Å². The molecule has 0 bridgehead atoms. The van der Waals surface area contributed by atoms with Crippen LogP contribution in [0.2, 0.25) is 0 Å². The van der Waals surface area contributed by atoms with Gasteiger partial charge in [-0.2, -0.15) is 30.2 Å². The first-order valence-corrected chi connectivity index (χ1v) is 12.8. The predicted octanol–water partition coefficient (Wildman–Crippen LogP) is 4.67. The number of piperidine rings is 1. The van der Waals surface area contributed by atoms with Crippen LogP contribution in [0.1, 0.15) is 29.8 Å². The van der Waals surface area contributed by atoms with Crippen molar-refractivity contribution in [2.75, 3.05) is 19.7 Å². The van der Waals surface area contributed by atoms with Crippen LogP contribution < -0.4 is 10.3 Å². The number of aliphatic carboxylic acids is 1. The summed E-state index contributed by atoms with van der Waals surface area (Å²) in [5, 5.41) is 17.1. The van der Waals surface area contributed by atoms with Crippen LogP contribution >= 0.6 is 11.8 Å². The molecule has 0 saturated carbocycles. The number of fused-ring (bicyclic) bond motifs is 1. The van der Waals surface area contributed by atoms with Gasteiger partial charge in [-0.15, -0.1) is 0 Å². The molecule has 4 rings (SSSR count). The maximum Gasteiger partial charge on any atom is 0.490 e. The summed E-state index contributed by atoms with van der Waals surface area (Å²) in [6.07, 6.45) is -2.88. The largest absolute Gasteiger partial charge is 0.490 e. The molecule has 2 heterocycles. The minimum absolute atomic E-state index is 0.0589. The molecular weight excluding hydrogens is 521 g/mol. The fraction of sp³-hybridized carbons (Fsp3) is 0.385. The van der Waals surface area contributed by atoms with E-state index in [2.05, 4.69) is 16.0 Å². The molecule has 1 aliphatic heterocycles. The number of nitrogens with one attached hydrogen (secondary N) is 1. The fourth-order valence-corrected chi connectivity index (χ4v) is 5.05. The Morgan fingerprint density at radius 3 is 2.58 bits per heavy atom. The molecule has 12 heteroatoms. The molecule has 0 unspecified atom stereocenters. The average Bonchev–Trinajstić information content (AvgIpc) is 2.88. The van der Waals surface area contributed by atoms with Crippen LogP contribution in [-0.4, -0.2) is 57.1 Å². The van der Waals surface area contributed by atoms with E-state index in [0.29, 0.717) is 10.6 Å². The number of hydrogen-bond acceptors (Lipinski definition) is 7. The molecule has 38 heavy (non-hydrogen) atoms. The lowest BCUT2D eigenvalue weighted by atomic mass is 10.1. The van der Waals surface area contributed by atoms with Crippen LogP contribution in [0.4, 0.5) is 13.2 Å². The SMILES string of the molecule is Cc1cccc2c(=O)[nH]c(CSC3CCN(Cc4ccccc4OCC#N)CC3)nc12.O=C(O)C(F)(F)F. The highest BCUT2D eigenvalue weighted by atomic mass is 32.2. The van der Waals surface area contributed by atoms with Crippen molar-refractivity contribution in [1.29, 1.82) is 5.26 Å². The van der Waals surface area contributed by atoms with Crippen molar-refractivity contribution in [2.45, 2.75) is 43.5 Å². The monoisotopic (exact) mass is 548 g/mol.